The van der Waals surface area contributed by atoms with Gasteiger partial charge in [0.25, 0.3) is 0 Å². The highest BCUT2D eigenvalue weighted by Gasteiger charge is 2.10. The van der Waals surface area contributed by atoms with Crippen LogP contribution in [0.5, 0.6) is 5.75 Å². The molecule has 0 radical (unpaired) electrons. The van der Waals surface area contributed by atoms with E-state index in [-0.39, 0.29) is 6.04 Å². The minimum Gasteiger partial charge on any atom is -0.496 e. The SMILES string of the molecule is CCc1ncc(CN[C@@H](C)c2ccccc2OC)s1. The van der Waals surface area contributed by atoms with Crippen LogP contribution in [0.3, 0.4) is 0 Å². The van der Waals surface area contributed by atoms with E-state index in [2.05, 4.69) is 30.2 Å². The van der Waals surface area contributed by atoms with Crippen molar-refractivity contribution >= 4 is 11.3 Å². The Balaban J connectivity index is 1.98. The van der Waals surface area contributed by atoms with E-state index >= 15 is 0 Å². The van der Waals surface area contributed by atoms with Crippen molar-refractivity contribution in [2.75, 3.05) is 7.11 Å². The Morgan fingerprint density at radius 2 is 2.16 bits per heavy atom. The summed E-state index contributed by atoms with van der Waals surface area (Å²) in [5.41, 5.74) is 1.19. The van der Waals surface area contributed by atoms with E-state index in [1.807, 2.05) is 24.4 Å². The van der Waals surface area contributed by atoms with Crippen LogP contribution in [0.25, 0.3) is 0 Å². The highest BCUT2D eigenvalue weighted by Crippen LogP contribution is 2.25. The number of aromatic nitrogens is 1. The molecule has 0 aliphatic rings. The number of nitrogens with one attached hydrogen (secondary N) is 1. The van der Waals surface area contributed by atoms with Gasteiger partial charge in [-0.15, -0.1) is 11.3 Å². The van der Waals surface area contributed by atoms with Crippen molar-refractivity contribution in [1.29, 1.82) is 0 Å². The second-order valence-electron chi connectivity index (χ2n) is 4.42. The molecular weight excluding hydrogens is 256 g/mol. The largest absolute Gasteiger partial charge is 0.496 e. The van der Waals surface area contributed by atoms with E-state index < -0.39 is 0 Å². The molecule has 0 spiro atoms. The lowest BCUT2D eigenvalue weighted by Crippen LogP contribution is -2.18. The van der Waals surface area contributed by atoms with Crippen LogP contribution in [-0.4, -0.2) is 12.1 Å². The molecule has 0 amide bonds. The fourth-order valence-corrected chi connectivity index (χ4v) is 2.79. The molecule has 2 aromatic rings. The Morgan fingerprint density at radius 3 is 2.84 bits per heavy atom. The topological polar surface area (TPSA) is 34.2 Å². The molecule has 0 bridgehead atoms. The molecule has 0 saturated heterocycles. The van der Waals surface area contributed by atoms with Gasteiger partial charge in [0, 0.05) is 29.2 Å². The third-order valence-corrected chi connectivity index (χ3v) is 4.23. The van der Waals surface area contributed by atoms with Gasteiger partial charge in [0.05, 0.1) is 12.1 Å². The molecule has 3 nitrogen and oxygen atoms in total. The zero-order valence-corrected chi connectivity index (χ0v) is 12.5. The van der Waals surface area contributed by atoms with Crippen molar-refractivity contribution in [3.8, 4) is 5.75 Å². The summed E-state index contributed by atoms with van der Waals surface area (Å²) >= 11 is 1.78. The van der Waals surface area contributed by atoms with Gasteiger partial charge in [0.15, 0.2) is 0 Å². The first kappa shape index (κ1) is 14.0. The maximum atomic E-state index is 5.39. The number of thiazole rings is 1. The van der Waals surface area contributed by atoms with Gasteiger partial charge in [0.1, 0.15) is 5.75 Å². The average molecular weight is 276 g/mol. The minimum atomic E-state index is 0.253. The standard InChI is InChI=1S/C15H20N2OS/c1-4-15-17-10-12(19-15)9-16-11(2)13-7-5-6-8-14(13)18-3/h5-8,10-11,16H,4,9H2,1-3H3/t11-/m0/s1. The van der Waals surface area contributed by atoms with Crippen LogP contribution in [0, 0.1) is 0 Å². The summed E-state index contributed by atoms with van der Waals surface area (Å²) in [6.07, 6.45) is 2.97. The summed E-state index contributed by atoms with van der Waals surface area (Å²) in [7, 11) is 1.71. The normalized spacial score (nSPS) is 12.4. The lowest BCUT2D eigenvalue weighted by Gasteiger charge is -2.16. The third kappa shape index (κ3) is 3.55. The Bertz CT molecular complexity index is 524. The maximum Gasteiger partial charge on any atom is 0.123 e. The lowest BCUT2D eigenvalue weighted by molar-refractivity contribution is 0.401. The van der Waals surface area contributed by atoms with Crippen LogP contribution in [0.1, 0.15) is 35.3 Å². The Labute approximate surface area is 118 Å². The quantitative estimate of drug-likeness (QED) is 0.876. The number of nitrogens with zero attached hydrogens (tertiary/aromatic N) is 1. The fourth-order valence-electron chi connectivity index (χ4n) is 1.98. The van der Waals surface area contributed by atoms with Crippen LogP contribution in [-0.2, 0) is 13.0 Å². The van der Waals surface area contributed by atoms with Gasteiger partial charge in [-0.05, 0) is 19.4 Å². The predicted molar refractivity (Wildman–Crippen MR) is 79.7 cm³/mol. The van der Waals surface area contributed by atoms with Crippen molar-refractivity contribution in [3.05, 3.63) is 45.9 Å². The van der Waals surface area contributed by atoms with Crippen molar-refractivity contribution in [3.63, 3.8) is 0 Å². The van der Waals surface area contributed by atoms with Crippen LogP contribution < -0.4 is 10.1 Å². The van der Waals surface area contributed by atoms with E-state index in [1.165, 1.54) is 15.4 Å². The van der Waals surface area contributed by atoms with Crippen LogP contribution in [0.4, 0.5) is 0 Å². The molecule has 2 rings (SSSR count). The number of methoxy groups -OCH3 is 1. The second-order valence-corrected chi connectivity index (χ2v) is 5.62. The zero-order chi connectivity index (χ0) is 13.7. The first-order chi connectivity index (χ1) is 9.24. The molecule has 1 aromatic carbocycles. The number of aryl methyl sites for hydroxylation is 1. The van der Waals surface area contributed by atoms with Gasteiger partial charge in [-0.25, -0.2) is 4.98 Å². The average Bonchev–Trinajstić information content (AvgIpc) is 2.92. The number of benzene rings is 1. The highest BCUT2D eigenvalue weighted by atomic mass is 32.1. The van der Waals surface area contributed by atoms with E-state index in [4.69, 9.17) is 4.74 Å². The summed E-state index contributed by atoms with van der Waals surface area (Å²) in [6, 6.07) is 8.38. The molecule has 1 heterocycles. The Morgan fingerprint density at radius 1 is 1.37 bits per heavy atom. The summed E-state index contributed by atoms with van der Waals surface area (Å²) in [5.74, 6) is 0.932. The third-order valence-electron chi connectivity index (χ3n) is 3.09. The predicted octanol–water partition coefficient (Wildman–Crippen LogP) is 3.56. The molecule has 0 unspecified atom stereocenters. The Hall–Kier alpha value is -1.39. The number of hydrogen-bond acceptors (Lipinski definition) is 4. The van der Waals surface area contributed by atoms with Gasteiger partial charge in [-0.2, -0.15) is 0 Å². The minimum absolute atomic E-state index is 0.253. The summed E-state index contributed by atoms with van der Waals surface area (Å²) in [4.78, 5) is 5.65. The molecule has 1 aromatic heterocycles. The molecule has 19 heavy (non-hydrogen) atoms. The van der Waals surface area contributed by atoms with Crippen molar-refractivity contribution in [1.82, 2.24) is 10.3 Å². The van der Waals surface area contributed by atoms with Crippen molar-refractivity contribution in [2.24, 2.45) is 0 Å². The smallest absolute Gasteiger partial charge is 0.123 e. The summed E-state index contributed by atoms with van der Waals surface area (Å²) in [6.45, 7) is 5.13. The summed E-state index contributed by atoms with van der Waals surface area (Å²) < 4.78 is 5.39. The van der Waals surface area contributed by atoms with E-state index in [1.54, 1.807) is 18.4 Å². The van der Waals surface area contributed by atoms with E-state index in [9.17, 15) is 0 Å². The van der Waals surface area contributed by atoms with Crippen LogP contribution >= 0.6 is 11.3 Å². The molecule has 0 fully saturated rings. The molecule has 0 aliphatic carbocycles. The van der Waals surface area contributed by atoms with Gasteiger partial charge >= 0.3 is 0 Å². The Kier molecular flexibility index (Phi) is 4.93. The molecule has 102 valence electrons. The number of hydrogen-bond donors (Lipinski definition) is 1. The molecule has 4 heteroatoms. The van der Waals surface area contributed by atoms with Crippen LogP contribution in [0.2, 0.25) is 0 Å². The van der Waals surface area contributed by atoms with Crippen molar-refractivity contribution in [2.45, 2.75) is 32.9 Å². The molecule has 1 atom stereocenters. The number of ether oxygens (including phenoxy) is 1. The first-order valence-electron chi connectivity index (χ1n) is 6.54. The molecule has 0 saturated carbocycles. The van der Waals surface area contributed by atoms with Crippen molar-refractivity contribution < 1.29 is 4.74 Å². The fraction of sp³-hybridized carbons (Fsp3) is 0.400. The zero-order valence-electron chi connectivity index (χ0n) is 11.6. The van der Waals surface area contributed by atoms with E-state index in [0.29, 0.717) is 0 Å². The van der Waals surface area contributed by atoms with Gasteiger partial charge in [0.2, 0.25) is 0 Å². The maximum absolute atomic E-state index is 5.39. The lowest BCUT2D eigenvalue weighted by atomic mass is 10.1. The van der Waals surface area contributed by atoms with Gasteiger partial charge < -0.3 is 10.1 Å². The highest BCUT2D eigenvalue weighted by molar-refractivity contribution is 7.11. The second kappa shape index (κ2) is 6.68. The monoisotopic (exact) mass is 276 g/mol. The number of rotatable bonds is 6. The van der Waals surface area contributed by atoms with Gasteiger partial charge in [-0.3, -0.25) is 0 Å². The summed E-state index contributed by atoms with van der Waals surface area (Å²) in [5, 5.41) is 4.71. The van der Waals surface area contributed by atoms with Crippen LogP contribution in [0.15, 0.2) is 30.5 Å². The molecule has 0 aliphatic heterocycles. The first-order valence-corrected chi connectivity index (χ1v) is 7.36. The van der Waals surface area contributed by atoms with E-state index in [0.717, 1.165) is 18.7 Å². The molecular formula is C15H20N2OS. The number of para-hydroxylation sites is 1. The molecule has 1 N–H and O–H groups in total. The van der Waals surface area contributed by atoms with Gasteiger partial charge in [-0.1, -0.05) is 25.1 Å².